The number of aromatic nitrogens is 1. The van der Waals surface area contributed by atoms with Gasteiger partial charge in [-0.15, -0.1) is 0 Å². The number of hydrogen-bond acceptors (Lipinski definition) is 7. The number of hydrogen-bond donors (Lipinski definition) is 1. The summed E-state index contributed by atoms with van der Waals surface area (Å²) in [6, 6.07) is 13.0. The van der Waals surface area contributed by atoms with Gasteiger partial charge in [0.1, 0.15) is 0 Å². The van der Waals surface area contributed by atoms with Gasteiger partial charge in [-0.25, -0.2) is 13.5 Å². The zero-order valence-corrected chi connectivity index (χ0v) is 17.5. The van der Waals surface area contributed by atoms with Crippen LogP contribution in [0.4, 0.5) is 0 Å². The van der Waals surface area contributed by atoms with Gasteiger partial charge in [-0.1, -0.05) is 24.3 Å². The van der Waals surface area contributed by atoms with E-state index in [0.29, 0.717) is 40.9 Å². The van der Waals surface area contributed by atoms with Crippen molar-refractivity contribution in [1.29, 1.82) is 0 Å². The second kappa shape index (κ2) is 8.91. The van der Waals surface area contributed by atoms with Gasteiger partial charge in [-0.3, -0.25) is 15.0 Å². The molecule has 2 aromatic carbocycles. The van der Waals surface area contributed by atoms with E-state index in [1.165, 1.54) is 6.20 Å². The van der Waals surface area contributed by atoms with Gasteiger partial charge in [0.05, 0.1) is 36.3 Å². The Morgan fingerprint density at radius 2 is 1.87 bits per heavy atom. The van der Waals surface area contributed by atoms with Crippen LogP contribution >= 0.6 is 0 Å². The molecule has 1 aromatic heterocycles. The number of fused-ring (bicyclic) bond motifs is 2. The molecule has 0 radical (unpaired) electrons. The molecule has 2 heterocycles. The number of nitrogens with zero attached hydrogens (tertiary/aromatic N) is 2. The summed E-state index contributed by atoms with van der Waals surface area (Å²) in [5, 5.41) is 11.3. The first-order valence-electron chi connectivity index (χ1n) is 9.81. The van der Waals surface area contributed by atoms with Crippen molar-refractivity contribution in [1.82, 2.24) is 10.0 Å². The minimum Gasteiger partial charge on any atom is -0.490 e. The summed E-state index contributed by atoms with van der Waals surface area (Å²) < 4.78 is 37.1. The highest BCUT2D eigenvalue weighted by Gasteiger charge is 2.27. The molecular formula is C22H22N2O6S. The summed E-state index contributed by atoms with van der Waals surface area (Å²) in [4.78, 5) is 15.6. The van der Waals surface area contributed by atoms with Crippen LogP contribution in [0.25, 0.3) is 10.9 Å². The van der Waals surface area contributed by atoms with E-state index in [2.05, 4.69) is 4.98 Å². The molecule has 0 saturated heterocycles. The van der Waals surface area contributed by atoms with Crippen molar-refractivity contribution in [3.8, 4) is 11.5 Å². The SMILES string of the molecule is O=CN(O)C(CS(=O)(=O)Cc1cnc2ccccc2c1)c1ccc2c(c1)OCCCO2. The maximum absolute atomic E-state index is 12.9. The largest absolute Gasteiger partial charge is 0.490 e. The predicted molar refractivity (Wildman–Crippen MR) is 114 cm³/mol. The van der Waals surface area contributed by atoms with Crippen molar-refractivity contribution in [2.45, 2.75) is 18.2 Å². The van der Waals surface area contributed by atoms with Gasteiger partial charge in [0, 0.05) is 18.0 Å². The number of para-hydroxylation sites is 1. The molecule has 9 heteroatoms. The number of rotatable bonds is 7. The lowest BCUT2D eigenvalue weighted by molar-refractivity contribution is -0.158. The third kappa shape index (κ3) is 4.95. The van der Waals surface area contributed by atoms with Gasteiger partial charge in [0.15, 0.2) is 21.3 Å². The highest BCUT2D eigenvalue weighted by molar-refractivity contribution is 7.90. The smallest absolute Gasteiger partial charge is 0.233 e. The molecule has 0 spiro atoms. The van der Waals surface area contributed by atoms with Crippen LogP contribution in [-0.2, 0) is 20.4 Å². The maximum atomic E-state index is 12.9. The predicted octanol–water partition coefficient (Wildman–Crippen LogP) is 2.90. The van der Waals surface area contributed by atoms with Crippen molar-refractivity contribution >= 4 is 27.2 Å². The van der Waals surface area contributed by atoms with Crippen molar-refractivity contribution in [2.24, 2.45) is 0 Å². The average Bonchev–Trinajstić information content (AvgIpc) is 3.01. The first-order valence-corrected chi connectivity index (χ1v) is 11.6. The number of benzene rings is 2. The molecule has 1 amide bonds. The lowest BCUT2D eigenvalue weighted by Crippen LogP contribution is -2.30. The van der Waals surface area contributed by atoms with Crippen LogP contribution in [-0.4, -0.2) is 49.0 Å². The summed E-state index contributed by atoms with van der Waals surface area (Å²) >= 11 is 0. The summed E-state index contributed by atoms with van der Waals surface area (Å²) in [6.45, 7) is 0.981. The van der Waals surface area contributed by atoms with Gasteiger partial charge in [-0.2, -0.15) is 0 Å². The van der Waals surface area contributed by atoms with Crippen LogP contribution < -0.4 is 9.47 Å². The van der Waals surface area contributed by atoms with Crippen LogP contribution in [0.3, 0.4) is 0 Å². The standard InChI is InChI=1S/C22H22N2O6S/c25-15-24(26)20(18-6-7-21-22(11-18)30-9-3-8-29-21)14-31(27,28)13-16-10-17-4-1-2-5-19(17)23-12-16/h1-2,4-7,10-12,15,20,26H,3,8-9,13-14H2. The fraction of sp³-hybridized carbons (Fsp3) is 0.273. The Bertz CT molecular complexity index is 1200. The fourth-order valence-electron chi connectivity index (χ4n) is 3.53. The van der Waals surface area contributed by atoms with Crippen molar-refractivity contribution in [3.05, 3.63) is 65.9 Å². The van der Waals surface area contributed by atoms with E-state index in [0.717, 1.165) is 17.3 Å². The van der Waals surface area contributed by atoms with Crippen molar-refractivity contribution in [2.75, 3.05) is 19.0 Å². The summed E-state index contributed by atoms with van der Waals surface area (Å²) in [5.74, 6) is 0.268. The minimum atomic E-state index is -3.71. The van der Waals surface area contributed by atoms with Crippen molar-refractivity contribution in [3.63, 3.8) is 0 Å². The molecule has 0 aliphatic carbocycles. The van der Waals surface area contributed by atoms with Gasteiger partial charge >= 0.3 is 0 Å². The molecular weight excluding hydrogens is 420 g/mol. The Morgan fingerprint density at radius 1 is 1.10 bits per heavy atom. The molecule has 0 saturated carbocycles. The van der Waals surface area contributed by atoms with E-state index < -0.39 is 21.6 Å². The summed E-state index contributed by atoms with van der Waals surface area (Å²) in [7, 11) is -3.71. The summed E-state index contributed by atoms with van der Waals surface area (Å²) in [5.41, 5.74) is 1.74. The second-order valence-electron chi connectivity index (χ2n) is 7.35. The molecule has 162 valence electrons. The maximum Gasteiger partial charge on any atom is 0.233 e. The zero-order chi connectivity index (χ0) is 21.8. The van der Waals surface area contributed by atoms with Crippen LogP contribution in [0.5, 0.6) is 11.5 Å². The lowest BCUT2D eigenvalue weighted by Gasteiger charge is -2.23. The Kier molecular flexibility index (Phi) is 6.06. The van der Waals surface area contributed by atoms with Crippen LogP contribution in [0, 0.1) is 0 Å². The lowest BCUT2D eigenvalue weighted by atomic mass is 10.1. The van der Waals surface area contributed by atoms with E-state index in [1.54, 1.807) is 24.3 Å². The van der Waals surface area contributed by atoms with E-state index in [1.807, 2.05) is 24.3 Å². The number of hydroxylamine groups is 2. The second-order valence-corrected chi connectivity index (χ2v) is 9.46. The number of pyridine rings is 1. The topological polar surface area (TPSA) is 106 Å². The quantitative estimate of drug-likeness (QED) is 0.341. The van der Waals surface area contributed by atoms with Crippen LogP contribution in [0.1, 0.15) is 23.6 Å². The molecule has 1 aliphatic rings. The number of carbonyl (C=O) groups excluding carboxylic acids is 1. The third-order valence-corrected chi connectivity index (χ3v) is 6.63. The number of ether oxygens (including phenoxy) is 2. The Labute approximate surface area is 179 Å². The molecule has 1 unspecified atom stereocenters. The van der Waals surface area contributed by atoms with E-state index >= 15 is 0 Å². The highest BCUT2D eigenvalue weighted by Crippen LogP contribution is 2.34. The van der Waals surface area contributed by atoms with Gasteiger partial charge in [0.25, 0.3) is 0 Å². The summed E-state index contributed by atoms with van der Waals surface area (Å²) in [6.07, 6.45) is 2.45. The Hall–Kier alpha value is -3.17. The molecule has 1 N–H and O–H groups in total. The average molecular weight is 442 g/mol. The van der Waals surface area contributed by atoms with Crippen LogP contribution in [0.2, 0.25) is 0 Å². The Balaban J connectivity index is 1.59. The van der Waals surface area contributed by atoms with E-state index in [9.17, 15) is 18.4 Å². The molecule has 1 aliphatic heterocycles. The number of amides is 1. The number of carbonyl (C=O) groups is 1. The monoisotopic (exact) mass is 442 g/mol. The molecule has 31 heavy (non-hydrogen) atoms. The van der Waals surface area contributed by atoms with Crippen LogP contribution in [0.15, 0.2) is 54.7 Å². The first kappa shape index (κ1) is 21.1. The molecule has 4 rings (SSSR count). The molecule has 8 nitrogen and oxygen atoms in total. The zero-order valence-electron chi connectivity index (χ0n) is 16.7. The molecule has 0 fully saturated rings. The molecule has 3 aromatic rings. The number of sulfone groups is 1. The minimum absolute atomic E-state index is 0.195. The fourth-order valence-corrected chi connectivity index (χ4v) is 5.14. The van der Waals surface area contributed by atoms with Gasteiger partial charge < -0.3 is 9.47 Å². The van der Waals surface area contributed by atoms with E-state index in [-0.39, 0.29) is 12.2 Å². The normalized spacial score (nSPS) is 14.6. The van der Waals surface area contributed by atoms with E-state index in [4.69, 9.17) is 9.47 Å². The molecule has 1 atom stereocenters. The highest BCUT2D eigenvalue weighted by atomic mass is 32.2. The van der Waals surface area contributed by atoms with Gasteiger partial charge in [0.2, 0.25) is 6.41 Å². The van der Waals surface area contributed by atoms with Crippen molar-refractivity contribution < 1.29 is 27.9 Å². The molecule has 0 bridgehead atoms. The van der Waals surface area contributed by atoms with Gasteiger partial charge in [-0.05, 0) is 35.4 Å². The third-order valence-electron chi connectivity index (χ3n) is 5.03. The Morgan fingerprint density at radius 3 is 2.68 bits per heavy atom. The first-order chi connectivity index (χ1) is 14.9.